The number of phenols is 1. The summed E-state index contributed by atoms with van der Waals surface area (Å²) in [5.41, 5.74) is 4.81. The summed E-state index contributed by atoms with van der Waals surface area (Å²) >= 11 is 0. The highest BCUT2D eigenvalue weighted by atomic mass is 16.3. The number of hydrogen-bond donors (Lipinski definition) is 2. The van der Waals surface area contributed by atoms with Crippen LogP contribution in [0, 0.1) is 13.8 Å². The van der Waals surface area contributed by atoms with E-state index < -0.39 is 0 Å². The Balaban J connectivity index is 2.09. The van der Waals surface area contributed by atoms with Gasteiger partial charge in [0, 0.05) is 11.7 Å². The van der Waals surface area contributed by atoms with Gasteiger partial charge >= 0.3 is 0 Å². The summed E-state index contributed by atoms with van der Waals surface area (Å²) in [5.74, 6) is 0.299. The quantitative estimate of drug-likeness (QED) is 0.859. The minimum atomic E-state index is 0.299. The normalized spacial score (nSPS) is 11.3. The van der Waals surface area contributed by atoms with Gasteiger partial charge in [-0.25, -0.2) is 0 Å². The SMILES string of the molecule is Cc1nn(Cc2ccc(O)cc2)c(C)c1CCNC(C)C. The van der Waals surface area contributed by atoms with Crippen molar-refractivity contribution in [2.75, 3.05) is 6.54 Å². The van der Waals surface area contributed by atoms with Gasteiger partial charge in [0.05, 0.1) is 12.2 Å². The van der Waals surface area contributed by atoms with Crippen LogP contribution < -0.4 is 5.32 Å². The summed E-state index contributed by atoms with van der Waals surface area (Å²) in [6.07, 6.45) is 1.01. The van der Waals surface area contributed by atoms with Crippen molar-refractivity contribution in [3.8, 4) is 5.75 Å². The van der Waals surface area contributed by atoms with Gasteiger partial charge in [-0.2, -0.15) is 5.10 Å². The lowest BCUT2D eigenvalue weighted by molar-refractivity contribution is 0.475. The van der Waals surface area contributed by atoms with Crippen LogP contribution in [-0.4, -0.2) is 27.5 Å². The van der Waals surface area contributed by atoms with E-state index in [1.54, 1.807) is 12.1 Å². The smallest absolute Gasteiger partial charge is 0.115 e. The molecule has 21 heavy (non-hydrogen) atoms. The highest BCUT2D eigenvalue weighted by molar-refractivity contribution is 5.28. The van der Waals surface area contributed by atoms with Gasteiger partial charge in [-0.05, 0) is 50.1 Å². The third-order valence-corrected chi connectivity index (χ3v) is 3.73. The molecule has 0 spiro atoms. The van der Waals surface area contributed by atoms with E-state index in [-0.39, 0.29) is 0 Å². The number of aromatic nitrogens is 2. The van der Waals surface area contributed by atoms with E-state index in [9.17, 15) is 5.11 Å². The Morgan fingerprint density at radius 1 is 1.19 bits per heavy atom. The fourth-order valence-corrected chi connectivity index (χ4v) is 2.51. The van der Waals surface area contributed by atoms with Crippen molar-refractivity contribution < 1.29 is 5.11 Å². The number of aromatic hydroxyl groups is 1. The average Bonchev–Trinajstić information content (AvgIpc) is 2.68. The molecule has 2 N–H and O–H groups in total. The fourth-order valence-electron chi connectivity index (χ4n) is 2.51. The number of rotatable bonds is 6. The van der Waals surface area contributed by atoms with Crippen molar-refractivity contribution in [1.29, 1.82) is 0 Å². The van der Waals surface area contributed by atoms with Gasteiger partial charge in [0.15, 0.2) is 0 Å². The molecule has 0 radical (unpaired) electrons. The highest BCUT2D eigenvalue weighted by Crippen LogP contribution is 2.16. The standard InChI is InChI=1S/C17H25N3O/c1-12(2)18-10-9-17-13(3)19-20(14(17)4)11-15-5-7-16(21)8-6-15/h5-8,12,18,21H,9-11H2,1-4H3. The predicted molar refractivity (Wildman–Crippen MR) is 85.8 cm³/mol. The summed E-state index contributed by atoms with van der Waals surface area (Å²) in [7, 11) is 0. The minimum absolute atomic E-state index is 0.299. The number of hydrogen-bond acceptors (Lipinski definition) is 3. The molecule has 0 amide bonds. The monoisotopic (exact) mass is 287 g/mol. The van der Waals surface area contributed by atoms with E-state index in [2.05, 4.69) is 38.1 Å². The molecule has 0 saturated carbocycles. The molecule has 0 bridgehead atoms. The molecule has 0 aliphatic heterocycles. The lowest BCUT2D eigenvalue weighted by atomic mass is 10.1. The number of aryl methyl sites for hydroxylation is 1. The van der Waals surface area contributed by atoms with Crippen LogP contribution in [0.1, 0.15) is 36.4 Å². The van der Waals surface area contributed by atoms with Crippen LogP contribution in [0.25, 0.3) is 0 Å². The van der Waals surface area contributed by atoms with E-state index in [1.807, 2.05) is 16.8 Å². The largest absolute Gasteiger partial charge is 0.508 e. The second-order valence-corrected chi connectivity index (χ2v) is 5.83. The van der Waals surface area contributed by atoms with Crippen LogP contribution in [-0.2, 0) is 13.0 Å². The maximum Gasteiger partial charge on any atom is 0.115 e. The van der Waals surface area contributed by atoms with Crippen LogP contribution in [0.4, 0.5) is 0 Å². The lowest BCUT2D eigenvalue weighted by Gasteiger charge is -2.09. The topological polar surface area (TPSA) is 50.1 Å². The number of phenolic OH excluding ortho intramolecular Hbond substituents is 1. The Bertz CT molecular complexity index is 585. The van der Waals surface area contributed by atoms with Crippen molar-refractivity contribution in [3.63, 3.8) is 0 Å². The van der Waals surface area contributed by atoms with Crippen LogP contribution in [0.2, 0.25) is 0 Å². The highest BCUT2D eigenvalue weighted by Gasteiger charge is 2.11. The molecule has 4 heteroatoms. The van der Waals surface area contributed by atoms with Crippen LogP contribution >= 0.6 is 0 Å². The molecule has 1 heterocycles. The first-order valence-corrected chi connectivity index (χ1v) is 7.51. The summed E-state index contributed by atoms with van der Waals surface area (Å²) in [5, 5.41) is 17.4. The van der Waals surface area contributed by atoms with E-state index in [0.29, 0.717) is 11.8 Å². The zero-order valence-electron chi connectivity index (χ0n) is 13.3. The molecule has 114 valence electrons. The Labute approximate surface area is 126 Å². The zero-order valence-corrected chi connectivity index (χ0v) is 13.3. The Morgan fingerprint density at radius 2 is 1.86 bits per heavy atom. The maximum atomic E-state index is 9.34. The molecule has 2 aromatic rings. The molecule has 0 fully saturated rings. The van der Waals surface area contributed by atoms with Crippen LogP contribution in [0.5, 0.6) is 5.75 Å². The van der Waals surface area contributed by atoms with Gasteiger partial charge in [-0.1, -0.05) is 26.0 Å². The molecule has 1 aromatic heterocycles. The van der Waals surface area contributed by atoms with Gasteiger partial charge in [0.1, 0.15) is 5.75 Å². The van der Waals surface area contributed by atoms with Gasteiger partial charge in [-0.3, -0.25) is 4.68 Å². The summed E-state index contributed by atoms with van der Waals surface area (Å²) in [4.78, 5) is 0. The van der Waals surface area contributed by atoms with Gasteiger partial charge in [0.25, 0.3) is 0 Å². The molecular weight excluding hydrogens is 262 g/mol. The van der Waals surface area contributed by atoms with Gasteiger partial charge in [-0.15, -0.1) is 0 Å². The molecular formula is C17H25N3O. The lowest BCUT2D eigenvalue weighted by Crippen LogP contribution is -2.25. The number of nitrogens with one attached hydrogen (secondary N) is 1. The second-order valence-electron chi connectivity index (χ2n) is 5.83. The minimum Gasteiger partial charge on any atom is -0.508 e. The summed E-state index contributed by atoms with van der Waals surface area (Å²) in [6, 6.07) is 7.82. The first-order chi connectivity index (χ1) is 9.97. The summed E-state index contributed by atoms with van der Waals surface area (Å²) in [6.45, 7) is 10.2. The Morgan fingerprint density at radius 3 is 2.48 bits per heavy atom. The Hall–Kier alpha value is -1.81. The molecule has 1 aromatic carbocycles. The molecule has 0 unspecified atom stereocenters. The molecule has 2 rings (SSSR count). The van der Waals surface area contributed by atoms with Gasteiger partial charge < -0.3 is 10.4 Å². The fraction of sp³-hybridized carbons (Fsp3) is 0.471. The molecule has 0 saturated heterocycles. The van der Waals surface area contributed by atoms with Crippen molar-refractivity contribution >= 4 is 0 Å². The van der Waals surface area contributed by atoms with Crippen LogP contribution in [0.3, 0.4) is 0 Å². The third-order valence-electron chi connectivity index (χ3n) is 3.73. The predicted octanol–water partition coefficient (Wildman–Crippen LogP) is 2.79. The molecule has 4 nitrogen and oxygen atoms in total. The Kier molecular flexibility index (Phi) is 5.02. The van der Waals surface area contributed by atoms with E-state index in [4.69, 9.17) is 0 Å². The third kappa shape index (κ3) is 4.08. The van der Waals surface area contributed by atoms with E-state index in [1.165, 1.54) is 11.3 Å². The first-order valence-electron chi connectivity index (χ1n) is 7.51. The van der Waals surface area contributed by atoms with E-state index in [0.717, 1.165) is 30.8 Å². The first kappa shape index (κ1) is 15.6. The molecule has 0 atom stereocenters. The maximum absolute atomic E-state index is 9.34. The van der Waals surface area contributed by atoms with Crippen molar-refractivity contribution in [3.05, 3.63) is 46.8 Å². The van der Waals surface area contributed by atoms with Crippen molar-refractivity contribution in [1.82, 2.24) is 15.1 Å². The van der Waals surface area contributed by atoms with Crippen LogP contribution in [0.15, 0.2) is 24.3 Å². The average molecular weight is 287 g/mol. The number of nitrogens with zero attached hydrogens (tertiary/aromatic N) is 2. The van der Waals surface area contributed by atoms with Crippen molar-refractivity contribution in [2.24, 2.45) is 0 Å². The van der Waals surface area contributed by atoms with Gasteiger partial charge in [0.2, 0.25) is 0 Å². The van der Waals surface area contributed by atoms with Crippen molar-refractivity contribution in [2.45, 2.75) is 46.7 Å². The van der Waals surface area contributed by atoms with E-state index >= 15 is 0 Å². The molecule has 0 aliphatic rings. The number of benzene rings is 1. The second kappa shape index (κ2) is 6.76. The zero-order chi connectivity index (χ0) is 15.4. The molecule has 0 aliphatic carbocycles. The summed E-state index contributed by atoms with van der Waals surface area (Å²) < 4.78 is 2.05.